The van der Waals surface area contributed by atoms with Crippen LogP contribution in [0.25, 0.3) is 0 Å². The molecule has 0 bridgehead atoms. The highest BCUT2D eigenvalue weighted by Crippen LogP contribution is 2.19. The lowest BCUT2D eigenvalue weighted by Crippen LogP contribution is -2.19. The number of amides is 1. The maximum Gasteiger partial charge on any atom is 0.244 e. The van der Waals surface area contributed by atoms with E-state index in [4.69, 9.17) is 0 Å². The van der Waals surface area contributed by atoms with Crippen LogP contribution in [0.4, 0.5) is 5.69 Å². The van der Waals surface area contributed by atoms with Gasteiger partial charge in [0, 0.05) is 18.1 Å². The number of carbonyl (C=O) groups excluding carboxylic acids is 1. The van der Waals surface area contributed by atoms with Crippen molar-refractivity contribution in [1.29, 1.82) is 0 Å². The van der Waals surface area contributed by atoms with Gasteiger partial charge < -0.3 is 9.88 Å². The first-order chi connectivity index (χ1) is 8.16. The van der Waals surface area contributed by atoms with Gasteiger partial charge in [-0.1, -0.05) is 18.2 Å². The Labute approximate surface area is 100 Å². The van der Waals surface area contributed by atoms with Crippen molar-refractivity contribution in [3.8, 4) is 0 Å². The van der Waals surface area contributed by atoms with Gasteiger partial charge in [0.2, 0.25) is 5.91 Å². The summed E-state index contributed by atoms with van der Waals surface area (Å²) in [6, 6.07) is 5.95. The topological polar surface area (TPSA) is 46.9 Å². The van der Waals surface area contributed by atoms with E-state index >= 15 is 0 Å². The van der Waals surface area contributed by atoms with E-state index in [1.54, 1.807) is 23.3 Å². The molecule has 0 saturated carbocycles. The Morgan fingerprint density at radius 3 is 2.65 bits per heavy atom. The molecular weight excluding hydrogens is 214 g/mol. The highest BCUT2D eigenvalue weighted by molar-refractivity contribution is 5.92. The Kier molecular flexibility index (Phi) is 3.23. The Hall–Kier alpha value is -2.10. The van der Waals surface area contributed by atoms with Gasteiger partial charge in [0.25, 0.3) is 0 Å². The van der Waals surface area contributed by atoms with Crippen LogP contribution < -0.4 is 5.32 Å². The van der Waals surface area contributed by atoms with Crippen molar-refractivity contribution in [3.05, 3.63) is 48.0 Å². The number of nitrogens with one attached hydrogen (secondary N) is 1. The minimum atomic E-state index is -0.0413. The molecule has 1 N–H and O–H groups in total. The summed E-state index contributed by atoms with van der Waals surface area (Å²) >= 11 is 0. The zero-order valence-corrected chi connectivity index (χ0v) is 9.97. The minimum absolute atomic E-state index is 0.0413. The minimum Gasteiger partial charge on any atom is -0.328 e. The lowest BCUT2D eigenvalue weighted by molar-refractivity contribution is -0.116. The zero-order valence-electron chi connectivity index (χ0n) is 9.97. The van der Waals surface area contributed by atoms with Gasteiger partial charge in [-0.25, -0.2) is 4.98 Å². The van der Waals surface area contributed by atoms with Crippen LogP contribution in [0.2, 0.25) is 0 Å². The summed E-state index contributed by atoms with van der Waals surface area (Å²) in [4.78, 5) is 15.7. The monoisotopic (exact) mass is 229 g/mol. The first-order valence-corrected chi connectivity index (χ1v) is 5.48. The van der Waals surface area contributed by atoms with Crippen LogP contribution in [0.3, 0.4) is 0 Å². The molecule has 0 spiro atoms. The molecule has 0 atom stereocenters. The Bertz CT molecular complexity index is 497. The molecule has 17 heavy (non-hydrogen) atoms. The van der Waals surface area contributed by atoms with Crippen LogP contribution in [-0.4, -0.2) is 15.5 Å². The fraction of sp³-hybridized carbons (Fsp3) is 0.231. The molecule has 4 nitrogen and oxygen atoms in total. The number of carbonyl (C=O) groups is 1. The number of aromatic nitrogens is 2. The van der Waals surface area contributed by atoms with E-state index in [1.807, 2.05) is 32.0 Å². The van der Waals surface area contributed by atoms with Gasteiger partial charge in [0.1, 0.15) is 6.54 Å². The summed E-state index contributed by atoms with van der Waals surface area (Å²) in [7, 11) is 0. The van der Waals surface area contributed by atoms with Gasteiger partial charge in [0.15, 0.2) is 0 Å². The Balaban J connectivity index is 2.08. The van der Waals surface area contributed by atoms with Crippen LogP contribution in [0.1, 0.15) is 11.1 Å². The molecule has 2 aromatic rings. The molecule has 1 aromatic carbocycles. The van der Waals surface area contributed by atoms with Crippen molar-refractivity contribution in [2.24, 2.45) is 0 Å². The second-order valence-corrected chi connectivity index (χ2v) is 4.05. The molecule has 0 unspecified atom stereocenters. The Morgan fingerprint density at radius 2 is 2.06 bits per heavy atom. The first kappa shape index (κ1) is 11.4. The van der Waals surface area contributed by atoms with Crippen molar-refractivity contribution in [3.63, 3.8) is 0 Å². The van der Waals surface area contributed by atoms with Gasteiger partial charge in [0.05, 0.1) is 6.33 Å². The molecule has 1 aromatic heterocycles. The summed E-state index contributed by atoms with van der Waals surface area (Å²) in [6.45, 7) is 4.26. The van der Waals surface area contributed by atoms with E-state index in [-0.39, 0.29) is 12.5 Å². The molecule has 2 rings (SSSR count). The second-order valence-electron chi connectivity index (χ2n) is 4.05. The van der Waals surface area contributed by atoms with Crippen LogP contribution in [0.15, 0.2) is 36.9 Å². The summed E-state index contributed by atoms with van der Waals surface area (Å²) in [6.07, 6.45) is 5.06. The van der Waals surface area contributed by atoms with Crippen LogP contribution >= 0.6 is 0 Å². The average molecular weight is 229 g/mol. The summed E-state index contributed by atoms with van der Waals surface area (Å²) in [5.74, 6) is -0.0413. The van der Waals surface area contributed by atoms with E-state index in [0.717, 1.165) is 16.8 Å². The van der Waals surface area contributed by atoms with E-state index in [0.29, 0.717) is 0 Å². The van der Waals surface area contributed by atoms with Gasteiger partial charge >= 0.3 is 0 Å². The SMILES string of the molecule is Cc1cccc(C)c1NC(=O)Cn1ccnc1. The van der Waals surface area contributed by atoms with E-state index < -0.39 is 0 Å². The highest BCUT2D eigenvalue weighted by Gasteiger charge is 2.07. The van der Waals surface area contributed by atoms with Crippen LogP contribution in [0.5, 0.6) is 0 Å². The summed E-state index contributed by atoms with van der Waals surface area (Å²) in [5, 5.41) is 2.93. The van der Waals surface area contributed by atoms with Gasteiger partial charge in [-0.2, -0.15) is 0 Å². The zero-order chi connectivity index (χ0) is 12.3. The molecule has 0 radical (unpaired) electrons. The van der Waals surface area contributed by atoms with Gasteiger partial charge in [-0.05, 0) is 25.0 Å². The quantitative estimate of drug-likeness (QED) is 0.876. The maximum absolute atomic E-state index is 11.8. The van der Waals surface area contributed by atoms with Crippen molar-refractivity contribution in [1.82, 2.24) is 9.55 Å². The third kappa shape index (κ3) is 2.72. The molecule has 1 heterocycles. The number of imidazole rings is 1. The lowest BCUT2D eigenvalue weighted by Gasteiger charge is -2.11. The molecule has 1 amide bonds. The molecule has 0 fully saturated rings. The van der Waals surface area contributed by atoms with E-state index in [1.165, 1.54) is 0 Å². The molecule has 0 aliphatic heterocycles. The van der Waals surface area contributed by atoms with Crippen molar-refractivity contribution in [2.45, 2.75) is 20.4 Å². The maximum atomic E-state index is 11.8. The predicted molar refractivity (Wildman–Crippen MR) is 66.8 cm³/mol. The predicted octanol–water partition coefficient (Wildman–Crippen LogP) is 2.14. The van der Waals surface area contributed by atoms with Crippen LogP contribution in [0, 0.1) is 13.8 Å². The third-order valence-electron chi connectivity index (χ3n) is 2.63. The number of aryl methyl sites for hydroxylation is 2. The normalized spacial score (nSPS) is 10.2. The fourth-order valence-electron chi connectivity index (χ4n) is 1.74. The van der Waals surface area contributed by atoms with Gasteiger partial charge in [-0.15, -0.1) is 0 Å². The van der Waals surface area contributed by atoms with Crippen LogP contribution in [-0.2, 0) is 11.3 Å². The standard InChI is InChI=1S/C13H15N3O/c1-10-4-3-5-11(2)13(10)15-12(17)8-16-7-6-14-9-16/h3-7,9H,8H2,1-2H3,(H,15,17). The number of hydrogen-bond acceptors (Lipinski definition) is 2. The number of benzene rings is 1. The molecule has 0 saturated heterocycles. The van der Waals surface area contributed by atoms with Gasteiger partial charge in [-0.3, -0.25) is 4.79 Å². The highest BCUT2D eigenvalue weighted by atomic mass is 16.1. The molecule has 0 aliphatic rings. The number of rotatable bonds is 3. The lowest BCUT2D eigenvalue weighted by atomic mass is 10.1. The molecule has 4 heteroatoms. The first-order valence-electron chi connectivity index (χ1n) is 5.48. The summed E-state index contributed by atoms with van der Waals surface area (Å²) in [5.41, 5.74) is 3.05. The Morgan fingerprint density at radius 1 is 1.35 bits per heavy atom. The number of hydrogen-bond donors (Lipinski definition) is 1. The molecular formula is C13H15N3O. The summed E-state index contributed by atoms with van der Waals surface area (Å²) < 4.78 is 1.74. The smallest absolute Gasteiger partial charge is 0.244 e. The van der Waals surface area contributed by atoms with Crippen molar-refractivity contribution >= 4 is 11.6 Å². The third-order valence-corrected chi connectivity index (χ3v) is 2.63. The molecule has 0 aliphatic carbocycles. The van der Waals surface area contributed by atoms with Crippen molar-refractivity contribution in [2.75, 3.05) is 5.32 Å². The van der Waals surface area contributed by atoms with E-state index in [2.05, 4.69) is 10.3 Å². The second kappa shape index (κ2) is 4.82. The molecule has 88 valence electrons. The average Bonchev–Trinajstić information content (AvgIpc) is 2.76. The van der Waals surface area contributed by atoms with Crippen molar-refractivity contribution < 1.29 is 4.79 Å². The van der Waals surface area contributed by atoms with E-state index in [9.17, 15) is 4.79 Å². The number of anilines is 1. The fourth-order valence-corrected chi connectivity index (χ4v) is 1.74. The largest absolute Gasteiger partial charge is 0.328 e. The number of para-hydroxylation sites is 1. The number of nitrogens with zero attached hydrogens (tertiary/aromatic N) is 2.